The second kappa shape index (κ2) is 11.8. The van der Waals surface area contributed by atoms with Crippen molar-refractivity contribution in [3.63, 3.8) is 0 Å². The first-order valence-electron chi connectivity index (χ1n) is 8.24. The van der Waals surface area contributed by atoms with Crippen LogP contribution in [0.25, 0.3) is 5.82 Å². The van der Waals surface area contributed by atoms with Gasteiger partial charge in [0.1, 0.15) is 5.71 Å². The van der Waals surface area contributed by atoms with Crippen molar-refractivity contribution in [2.24, 2.45) is 5.10 Å². The van der Waals surface area contributed by atoms with Crippen LogP contribution in [0.3, 0.4) is 0 Å². The number of nitrogens with one attached hydrogen (secondary N) is 1. The summed E-state index contributed by atoms with van der Waals surface area (Å²) in [6.45, 7) is 1.78. The summed E-state index contributed by atoms with van der Waals surface area (Å²) >= 11 is 0. The van der Waals surface area contributed by atoms with E-state index in [2.05, 4.69) is 20.6 Å². The molecule has 0 unspecified atom stereocenters. The number of aromatic nitrogens is 3. The molecule has 3 aromatic rings. The van der Waals surface area contributed by atoms with E-state index in [4.69, 9.17) is 15.3 Å². The van der Waals surface area contributed by atoms with Crippen LogP contribution < -0.4 is 10.5 Å². The van der Waals surface area contributed by atoms with Crippen LogP contribution in [0.2, 0.25) is 0 Å². The molecule has 2 aromatic heterocycles. The van der Waals surface area contributed by atoms with E-state index in [0.717, 1.165) is 0 Å². The molecule has 12 nitrogen and oxygen atoms in total. The molecule has 1 aromatic carbocycles. The molecule has 0 aliphatic carbocycles. The molecule has 1 radical (unpaired) electrons. The number of pyridine rings is 1. The average Bonchev–Trinajstić information content (AvgIpc) is 3.10. The van der Waals surface area contributed by atoms with Gasteiger partial charge in [0.15, 0.2) is 11.5 Å². The first kappa shape index (κ1) is 24.9. The van der Waals surface area contributed by atoms with Crippen LogP contribution in [0.15, 0.2) is 65.9 Å². The van der Waals surface area contributed by atoms with Crippen LogP contribution in [0.5, 0.6) is 0 Å². The SMILES string of the molecule is Cc1cc(C(=O)N/N=C(/C(=O)[O-])c2ccccc2)nn1-c1ccccn1.O=[N+]([O-])[O-].[Cu+2]. The minimum absolute atomic E-state index is 0. The Morgan fingerprint density at radius 3 is 2.26 bits per heavy atom. The van der Waals surface area contributed by atoms with Crippen molar-refractivity contribution < 1.29 is 36.9 Å². The molecule has 0 bridgehead atoms. The fourth-order valence-corrected chi connectivity index (χ4v) is 2.28. The number of carboxylic acids is 1. The van der Waals surface area contributed by atoms with Crippen molar-refractivity contribution in [3.05, 3.63) is 93.1 Å². The molecule has 13 heteroatoms. The molecular formula is C18H14CuN6O6. The van der Waals surface area contributed by atoms with E-state index in [1.165, 1.54) is 4.68 Å². The van der Waals surface area contributed by atoms with E-state index >= 15 is 0 Å². The Hall–Kier alpha value is -4.09. The van der Waals surface area contributed by atoms with Crippen molar-refractivity contribution >= 4 is 17.6 Å². The van der Waals surface area contributed by atoms with Gasteiger partial charge in [-0.3, -0.25) is 4.79 Å². The Balaban J connectivity index is 0.000000885. The van der Waals surface area contributed by atoms with Crippen LogP contribution in [-0.2, 0) is 21.9 Å². The number of nitrogens with zero attached hydrogens (tertiary/aromatic N) is 5. The van der Waals surface area contributed by atoms with Crippen molar-refractivity contribution in [1.29, 1.82) is 0 Å². The fourth-order valence-electron chi connectivity index (χ4n) is 2.28. The van der Waals surface area contributed by atoms with Crippen LogP contribution in [0.4, 0.5) is 0 Å². The number of carbonyl (C=O) groups excluding carboxylic acids is 2. The van der Waals surface area contributed by atoms with E-state index in [0.29, 0.717) is 17.1 Å². The summed E-state index contributed by atoms with van der Waals surface area (Å²) in [6.07, 6.45) is 1.62. The molecule has 0 fully saturated rings. The minimum Gasteiger partial charge on any atom is -0.543 e. The van der Waals surface area contributed by atoms with Gasteiger partial charge >= 0.3 is 17.1 Å². The normalized spacial score (nSPS) is 10.2. The summed E-state index contributed by atoms with van der Waals surface area (Å²) in [5.74, 6) is -1.57. The first-order valence-corrected chi connectivity index (χ1v) is 8.24. The van der Waals surface area contributed by atoms with Crippen molar-refractivity contribution in [3.8, 4) is 5.82 Å². The summed E-state index contributed by atoms with van der Waals surface area (Å²) in [7, 11) is 0. The van der Waals surface area contributed by atoms with Gasteiger partial charge in [-0.1, -0.05) is 36.4 Å². The second-order valence-electron chi connectivity index (χ2n) is 5.55. The maximum Gasteiger partial charge on any atom is 2.00 e. The molecule has 1 N–H and O–H groups in total. The zero-order chi connectivity index (χ0) is 22.1. The van der Waals surface area contributed by atoms with Crippen molar-refractivity contribution in [2.75, 3.05) is 0 Å². The number of aryl methyl sites for hydroxylation is 1. The second-order valence-corrected chi connectivity index (χ2v) is 5.55. The van der Waals surface area contributed by atoms with Gasteiger partial charge in [0.25, 0.3) is 5.91 Å². The van der Waals surface area contributed by atoms with Gasteiger partial charge in [0.05, 0.1) is 11.1 Å². The molecular weight excluding hydrogens is 460 g/mol. The van der Waals surface area contributed by atoms with Gasteiger partial charge in [0, 0.05) is 17.5 Å². The number of hydrogen-bond acceptors (Lipinski definition) is 9. The third kappa shape index (κ3) is 7.34. The Morgan fingerprint density at radius 2 is 1.71 bits per heavy atom. The molecule has 3 rings (SSSR count). The number of benzene rings is 1. The molecule has 0 aliphatic rings. The molecule has 31 heavy (non-hydrogen) atoms. The quantitative estimate of drug-likeness (QED) is 0.236. The van der Waals surface area contributed by atoms with Gasteiger partial charge in [-0.05, 0) is 25.1 Å². The van der Waals surface area contributed by atoms with E-state index < -0.39 is 17.0 Å². The molecule has 2 heterocycles. The largest absolute Gasteiger partial charge is 2.00 e. The maximum atomic E-state index is 12.3. The van der Waals surface area contributed by atoms with E-state index in [1.54, 1.807) is 67.7 Å². The third-order valence-electron chi connectivity index (χ3n) is 3.50. The zero-order valence-corrected chi connectivity index (χ0v) is 16.7. The van der Waals surface area contributed by atoms with Gasteiger partial charge in [0.2, 0.25) is 0 Å². The Morgan fingerprint density at radius 1 is 1.10 bits per heavy atom. The molecule has 1 amide bonds. The number of carboxylic acid groups (broad SMARTS) is 1. The van der Waals surface area contributed by atoms with Crippen molar-refractivity contribution in [1.82, 2.24) is 20.2 Å². The summed E-state index contributed by atoms with van der Waals surface area (Å²) in [5, 5.41) is 33.9. The molecule has 0 saturated carbocycles. The summed E-state index contributed by atoms with van der Waals surface area (Å²) in [6, 6.07) is 15.1. The summed E-state index contributed by atoms with van der Waals surface area (Å²) < 4.78 is 1.51. The van der Waals surface area contributed by atoms with Gasteiger partial charge in [-0.25, -0.2) is 15.1 Å². The topological polar surface area (TPSA) is 178 Å². The monoisotopic (exact) mass is 473 g/mol. The number of aliphatic carboxylic acids is 1. The third-order valence-corrected chi connectivity index (χ3v) is 3.50. The number of carbonyl (C=O) groups is 2. The average molecular weight is 474 g/mol. The Bertz CT molecular complexity index is 1070. The summed E-state index contributed by atoms with van der Waals surface area (Å²) in [5.41, 5.74) is 2.93. The van der Waals surface area contributed by atoms with Gasteiger partial charge < -0.3 is 25.2 Å². The molecule has 0 spiro atoms. The van der Waals surface area contributed by atoms with Gasteiger partial charge in [-0.2, -0.15) is 10.2 Å². The fraction of sp³-hybridized carbons (Fsp3) is 0.0556. The smallest absolute Gasteiger partial charge is 0.543 e. The van der Waals surface area contributed by atoms with Crippen molar-refractivity contribution in [2.45, 2.75) is 6.92 Å². The van der Waals surface area contributed by atoms with Crippen LogP contribution >= 0.6 is 0 Å². The van der Waals surface area contributed by atoms with Crippen LogP contribution in [0.1, 0.15) is 21.7 Å². The number of rotatable bonds is 5. The standard InChI is InChI=1S/C18H15N5O3.Cu.NO3/c1-12-11-14(22-23(12)15-9-5-6-10-19-15)17(24)21-20-16(18(25)26)13-7-3-2-4-8-13;;2-1(3)4/h2-11H,1H3,(H,21,24)(H,25,26);;/q;+2;-1/p-1/b20-16+;;. The maximum absolute atomic E-state index is 12.3. The van der Waals surface area contributed by atoms with Crippen LogP contribution in [0, 0.1) is 22.2 Å². The van der Waals surface area contributed by atoms with Crippen LogP contribution in [-0.4, -0.2) is 37.4 Å². The zero-order valence-electron chi connectivity index (χ0n) is 15.8. The van der Waals surface area contributed by atoms with Gasteiger partial charge in [-0.15, -0.1) is 0 Å². The van der Waals surface area contributed by atoms with E-state index in [1.807, 2.05) is 0 Å². The summed E-state index contributed by atoms with van der Waals surface area (Å²) in [4.78, 5) is 36.0. The van der Waals surface area contributed by atoms with E-state index in [-0.39, 0.29) is 28.5 Å². The molecule has 0 aliphatic heterocycles. The predicted octanol–water partition coefficient (Wildman–Crippen LogP) is 0.218. The predicted molar refractivity (Wildman–Crippen MR) is 102 cm³/mol. The number of hydrazone groups is 1. The first-order chi connectivity index (χ1) is 14.3. The Kier molecular flexibility index (Phi) is 9.50. The Labute approximate surface area is 185 Å². The minimum atomic E-state index is -1.75. The number of hydrogen-bond donors (Lipinski definition) is 1. The molecule has 163 valence electrons. The molecule has 0 atom stereocenters. The molecule has 0 saturated heterocycles. The number of amides is 1. The van der Waals surface area contributed by atoms with E-state index in [9.17, 15) is 14.7 Å².